The van der Waals surface area contributed by atoms with E-state index in [0.717, 1.165) is 54.6 Å². The highest BCUT2D eigenvalue weighted by molar-refractivity contribution is 6.30. The maximum Gasteiger partial charge on any atom is 0.409 e. The number of piperazine rings is 1. The number of nitrogens with zero attached hydrogens (tertiary/aromatic N) is 2. The van der Waals surface area contributed by atoms with Gasteiger partial charge in [-0.15, -0.1) is 0 Å². The van der Waals surface area contributed by atoms with Gasteiger partial charge in [-0.1, -0.05) is 49.2 Å². The van der Waals surface area contributed by atoms with Crippen molar-refractivity contribution < 1.29 is 18.7 Å². The number of nitrogens with one attached hydrogen (secondary N) is 1. The highest BCUT2D eigenvalue weighted by Gasteiger charge is 2.22. The zero-order valence-electron chi connectivity index (χ0n) is 22.0. The number of halogens is 1. The van der Waals surface area contributed by atoms with Gasteiger partial charge < -0.3 is 19.4 Å². The van der Waals surface area contributed by atoms with Crippen LogP contribution in [0.3, 0.4) is 0 Å². The van der Waals surface area contributed by atoms with Crippen LogP contribution in [0.5, 0.6) is 0 Å². The van der Waals surface area contributed by atoms with Crippen molar-refractivity contribution >= 4 is 40.3 Å². The van der Waals surface area contributed by atoms with Crippen LogP contribution < -0.4 is 5.32 Å². The van der Waals surface area contributed by atoms with Crippen LogP contribution in [-0.2, 0) is 11.3 Å². The molecule has 0 radical (unpaired) electrons. The summed E-state index contributed by atoms with van der Waals surface area (Å²) in [5, 5.41) is 4.57. The van der Waals surface area contributed by atoms with Crippen LogP contribution in [0.15, 0.2) is 77.2 Å². The second-order valence-corrected chi connectivity index (χ2v) is 10.2. The fourth-order valence-corrected chi connectivity index (χ4v) is 4.78. The molecule has 0 saturated carbocycles. The van der Waals surface area contributed by atoms with E-state index in [4.69, 9.17) is 20.8 Å². The first-order valence-corrected chi connectivity index (χ1v) is 13.7. The highest BCUT2D eigenvalue weighted by atomic mass is 35.5. The molecule has 1 fully saturated rings. The molecule has 202 valence electrons. The molecule has 1 aliphatic rings. The largest absolute Gasteiger partial charge is 0.456 e. The number of unbranched alkanes of at least 4 members (excludes halogenated alkanes) is 1. The Hall–Kier alpha value is -3.81. The van der Waals surface area contributed by atoms with Gasteiger partial charge in [-0.2, -0.15) is 0 Å². The van der Waals surface area contributed by atoms with Gasteiger partial charge in [0.1, 0.15) is 11.3 Å². The molecule has 0 atom stereocenters. The fourth-order valence-electron chi connectivity index (χ4n) is 4.65. The van der Waals surface area contributed by atoms with Gasteiger partial charge in [0.2, 0.25) is 0 Å². The molecule has 7 nitrogen and oxygen atoms in total. The first kappa shape index (κ1) is 26.8. The van der Waals surface area contributed by atoms with Gasteiger partial charge in [0.15, 0.2) is 0 Å². The molecule has 0 aliphatic carbocycles. The summed E-state index contributed by atoms with van der Waals surface area (Å²) in [4.78, 5) is 29.2. The number of carbonyl (C=O) groups is 2. The van der Waals surface area contributed by atoms with Gasteiger partial charge in [0.05, 0.1) is 12.3 Å². The van der Waals surface area contributed by atoms with E-state index in [2.05, 4.69) is 35.3 Å². The summed E-state index contributed by atoms with van der Waals surface area (Å²) < 4.78 is 11.6. The van der Waals surface area contributed by atoms with Gasteiger partial charge in [-0.25, -0.2) is 4.79 Å². The van der Waals surface area contributed by atoms with Crippen molar-refractivity contribution in [1.82, 2.24) is 9.80 Å². The van der Waals surface area contributed by atoms with Crippen LogP contribution in [0, 0.1) is 0 Å². The SMILES string of the molecule is CCCCOC(=O)N1CCN(Cc2ccc3cc(-c4ccccc4NC(=O)c4ccc(Cl)cc4)oc3c2)CC1. The second kappa shape index (κ2) is 12.4. The van der Waals surface area contributed by atoms with Gasteiger partial charge in [0, 0.05) is 54.3 Å². The van der Waals surface area contributed by atoms with E-state index in [0.29, 0.717) is 41.7 Å². The molecule has 1 aromatic heterocycles. The molecule has 39 heavy (non-hydrogen) atoms. The van der Waals surface area contributed by atoms with Crippen LogP contribution in [0.2, 0.25) is 5.02 Å². The number of para-hydroxylation sites is 1. The molecule has 5 rings (SSSR count). The molecule has 1 aliphatic heterocycles. The first-order valence-electron chi connectivity index (χ1n) is 13.3. The Morgan fingerprint density at radius 2 is 1.74 bits per heavy atom. The van der Waals surface area contributed by atoms with E-state index in [9.17, 15) is 9.59 Å². The number of carbonyl (C=O) groups excluding carboxylic acids is 2. The number of ether oxygens (including phenoxy) is 1. The summed E-state index contributed by atoms with van der Waals surface area (Å²) in [5.74, 6) is 0.469. The minimum atomic E-state index is -0.216. The highest BCUT2D eigenvalue weighted by Crippen LogP contribution is 2.33. The number of fused-ring (bicyclic) bond motifs is 1. The molecule has 4 aromatic rings. The predicted molar refractivity (Wildman–Crippen MR) is 154 cm³/mol. The Kier molecular flexibility index (Phi) is 8.49. The van der Waals surface area contributed by atoms with Crippen molar-refractivity contribution in [3.05, 3.63) is 88.9 Å². The predicted octanol–water partition coefficient (Wildman–Crippen LogP) is 7.06. The molecule has 2 heterocycles. The number of benzene rings is 3. The molecular formula is C31H32ClN3O4. The zero-order valence-corrected chi connectivity index (χ0v) is 22.7. The summed E-state index contributed by atoms with van der Waals surface area (Å²) in [5.41, 5.74) is 3.94. The molecule has 8 heteroatoms. The minimum Gasteiger partial charge on any atom is -0.456 e. The van der Waals surface area contributed by atoms with Crippen LogP contribution in [0.25, 0.3) is 22.3 Å². The fraction of sp³-hybridized carbons (Fsp3) is 0.290. The summed E-state index contributed by atoms with van der Waals surface area (Å²) >= 11 is 5.96. The smallest absolute Gasteiger partial charge is 0.409 e. The van der Waals surface area contributed by atoms with Crippen molar-refractivity contribution in [3.63, 3.8) is 0 Å². The molecule has 1 N–H and O–H groups in total. The molecule has 0 unspecified atom stereocenters. The van der Waals surface area contributed by atoms with Crippen molar-refractivity contribution in [2.75, 3.05) is 38.1 Å². The lowest BCUT2D eigenvalue weighted by molar-refractivity contribution is 0.0737. The van der Waals surface area contributed by atoms with E-state index in [1.54, 1.807) is 29.2 Å². The summed E-state index contributed by atoms with van der Waals surface area (Å²) in [6.45, 7) is 6.26. The Balaban J connectivity index is 1.25. The molecule has 3 aromatic carbocycles. The number of anilines is 1. The van der Waals surface area contributed by atoms with Crippen LogP contribution in [0.4, 0.5) is 10.5 Å². The zero-order chi connectivity index (χ0) is 27.2. The third-order valence-electron chi connectivity index (χ3n) is 6.89. The molecule has 0 bridgehead atoms. The molecule has 1 saturated heterocycles. The average molecular weight is 546 g/mol. The van der Waals surface area contributed by atoms with E-state index in [1.807, 2.05) is 30.3 Å². The van der Waals surface area contributed by atoms with Crippen LogP contribution >= 0.6 is 11.6 Å². The number of furan rings is 1. The maximum absolute atomic E-state index is 12.8. The second-order valence-electron chi connectivity index (χ2n) is 9.72. The Morgan fingerprint density at radius 1 is 0.974 bits per heavy atom. The average Bonchev–Trinajstić information content (AvgIpc) is 3.37. The van der Waals surface area contributed by atoms with Gasteiger partial charge in [-0.05, 0) is 60.5 Å². The van der Waals surface area contributed by atoms with Gasteiger partial charge >= 0.3 is 6.09 Å². The summed E-state index contributed by atoms with van der Waals surface area (Å²) in [6, 6.07) is 22.6. The van der Waals surface area contributed by atoms with Crippen molar-refractivity contribution in [3.8, 4) is 11.3 Å². The van der Waals surface area contributed by atoms with Crippen molar-refractivity contribution in [1.29, 1.82) is 0 Å². The number of hydrogen-bond donors (Lipinski definition) is 1. The summed E-state index contributed by atoms with van der Waals surface area (Å²) in [6.07, 6.45) is 1.69. The third-order valence-corrected chi connectivity index (χ3v) is 7.14. The third kappa shape index (κ3) is 6.61. The topological polar surface area (TPSA) is 75.0 Å². The van der Waals surface area contributed by atoms with E-state index in [-0.39, 0.29) is 12.0 Å². The van der Waals surface area contributed by atoms with E-state index < -0.39 is 0 Å². The minimum absolute atomic E-state index is 0.211. The Bertz CT molecular complexity index is 1440. The van der Waals surface area contributed by atoms with Crippen molar-refractivity contribution in [2.45, 2.75) is 26.3 Å². The first-order chi connectivity index (χ1) is 19.0. The molecular weight excluding hydrogens is 514 g/mol. The molecule has 0 spiro atoms. The lowest BCUT2D eigenvalue weighted by atomic mass is 10.1. The standard InChI is InChI=1S/C31H32ClN3O4/c1-2-3-18-38-31(37)35-16-14-34(15-17-35)21-22-8-9-24-20-29(39-28(24)19-22)26-6-4-5-7-27(26)33-30(36)23-10-12-25(32)13-11-23/h4-13,19-20H,2-3,14-18,21H2,1H3,(H,33,36). The number of amides is 2. The lowest BCUT2D eigenvalue weighted by Gasteiger charge is -2.34. The normalized spacial score (nSPS) is 13.9. The summed E-state index contributed by atoms with van der Waals surface area (Å²) in [7, 11) is 0. The number of rotatable bonds is 8. The monoisotopic (exact) mass is 545 g/mol. The quantitative estimate of drug-likeness (QED) is 0.240. The Labute approximate surface area is 233 Å². The van der Waals surface area contributed by atoms with Crippen LogP contribution in [-0.4, -0.2) is 54.6 Å². The Morgan fingerprint density at radius 3 is 2.51 bits per heavy atom. The number of hydrogen-bond acceptors (Lipinski definition) is 5. The lowest BCUT2D eigenvalue weighted by Crippen LogP contribution is -2.48. The van der Waals surface area contributed by atoms with Crippen molar-refractivity contribution in [2.24, 2.45) is 0 Å². The van der Waals surface area contributed by atoms with Gasteiger partial charge in [0.25, 0.3) is 5.91 Å². The van der Waals surface area contributed by atoms with E-state index in [1.165, 1.54) is 0 Å². The van der Waals surface area contributed by atoms with E-state index >= 15 is 0 Å². The maximum atomic E-state index is 12.8. The van der Waals surface area contributed by atoms with Gasteiger partial charge in [-0.3, -0.25) is 9.69 Å². The molecule has 2 amide bonds. The van der Waals surface area contributed by atoms with Crippen LogP contribution in [0.1, 0.15) is 35.7 Å².